The van der Waals surface area contributed by atoms with Crippen molar-refractivity contribution < 1.29 is 14.3 Å². The molecule has 26 heavy (non-hydrogen) atoms. The van der Waals surface area contributed by atoms with Gasteiger partial charge in [0.1, 0.15) is 5.82 Å². The normalized spacial score (nSPS) is 25.5. The molecule has 5 heteroatoms. The average molecular weight is 362 g/mol. The number of amides is 1. The van der Waals surface area contributed by atoms with Crippen LogP contribution in [-0.2, 0) is 12.0 Å². The van der Waals surface area contributed by atoms with Crippen LogP contribution in [0, 0.1) is 17.7 Å². The Morgan fingerprint density at radius 3 is 2.50 bits per heavy atom. The molecule has 0 aromatic heterocycles. The molecule has 144 valence electrons. The number of rotatable bonds is 5. The lowest BCUT2D eigenvalue weighted by molar-refractivity contribution is -0.0297. The van der Waals surface area contributed by atoms with E-state index in [1.54, 1.807) is 0 Å². The van der Waals surface area contributed by atoms with E-state index in [9.17, 15) is 14.3 Å². The lowest BCUT2D eigenvalue weighted by atomic mass is 9.79. The fourth-order valence-corrected chi connectivity index (χ4v) is 4.79. The van der Waals surface area contributed by atoms with Crippen LogP contribution in [0.4, 0.5) is 9.18 Å². The highest BCUT2D eigenvalue weighted by atomic mass is 19.1. The Balaban J connectivity index is 1.97. The predicted octanol–water partition coefficient (Wildman–Crippen LogP) is 4.33. The second kappa shape index (κ2) is 7.18. The van der Waals surface area contributed by atoms with Gasteiger partial charge in [-0.2, -0.15) is 0 Å². The topological polar surface area (TPSA) is 43.8 Å². The molecule has 1 atom stereocenters. The Kier molecular flexibility index (Phi) is 5.29. The van der Waals surface area contributed by atoms with E-state index in [1.807, 2.05) is 26.0 Å². The minimum absolute atomic E-state index is 0.0712. The molecule has 1 N–H and O–H groups in total. The van der Waals surface area contributed by atoms with Gasteiger partial charge in [0.25, 0.3) is 0 Å². The van der Waals surface area contributed by atoms with E-state index >= 15 is 0 Å². The smallest absolute Gasteiger partial charge is 0.408 e. The van der Waals surface area contributed by atoms with Crippen molar-refractivity contribution in [1.82, 2.24) is 9.80 Å². The quantitative estimate of drug-likeness (QED) is 0.848. The largest absolute Gasteiger partial charge is 0.465 e. The zero-order valence-electron chi connectivity index (χ0n) is 16.3. The highest BCUT2D eigenvalue weighted by Gasteiger charge is 2.46. The van der Waals surface area contributed by atoms with E-state index < -0.39 is 11.6 Å². The molecule has 3 heterocycles. The van der Waals surface area contributed by atoms with Crippen LogP contribution in [0.5, 0.6) is 0 Å². The summed E-state index contributed by atoms with van der Waals surface area (Å²) in [4.78, 5) is 16.1. The lowest BCUT2D eigenvalue weighted by Gasteiger charge is -2.52. The van der Waals surface area contributed by atoms with Gasteiger partial charge < -0.3 is 10.0 Å². The number of piperidine rings is 3. The van der Waals surface area contributed by atoms with Crippen LogP contribution in [0.1, 0.15) is 51.7 Å². The Hall–Kier alpha value is -1.62. The molecular formula is C21H31FN2O2. The zero-order chi connectivity index (χ0) is 19.1. The number of carboxylic acid groups (broad SMARTS) is 1. The monoisotopic (exact) mass is 362 g/mol. The van der Waals surface area contributed by atoms with Crippen molar-refractivity contribution >= 4 is 6.09 Å². The van der Waals surface area contributed by atoms with Crippen LogP contribution in [0.15, 0.2) is 18.2 Å². The summed E-state index contributed by atoms with van der Waals surface area (Å²) in [5, 5.41) is 10.0. The number of nitrogens with zero attached hydrogens (tertiary/aromatic N) is 2. The molecule has 1 unspecified atom stereocenters. The molecule has 1 amide bonds. The van der Waals surface area contributed by atoms with Gasteiger partial charge in [-0.3, -0.25) is 4.90 Å². The van der Waals surface area contributed by atoms with Gasteiger partial charge in [0.2, 0.25) is 0 Å². The Bertz CT molecular complexity index is 666. The third-order valence-corrected chi connectivity index (χ3v) is 6.10. The molecule has 1 aromatic carbocycles. The maximum absolute atomic E-state index is 14.8. The van der Waals surface area contributed by atoms with Gasteiger partial charge >= 0.3 is 6.09 Å². The Morgan fingerprint density at radius 2 is 2.00 bits per heavy atom. The number of hydrogen-bond acceptors (Lipinski definition) is 2. The summed E-state index contributed by atoms with van der Waals surface area (Å²) < 4.78 is 14.8. The summed E-state index contributed by atoms with van der Waals surface area (Å²) in [6, 6.07) is 5.10. The molecule has 4 rings (SSSR count). The molecule has 0 saturated carbocycles. The van der Waals surface area contributed by atoms with Gasteiger partial charge in [-0.25, -0.2) is 9.18 Å². The van der Waals surface area contributed by atoms with E-state index in [1.165, 1.54) is 11.0 Å². The number of fused-ring (bicyclic) bond motifs is 3. The van der Waals surface area contributed by atoms with Gasteiger partial charge in [-0.15, -0.1) is 0 Å². The van der Waals surface area contributed by atoms with E-state index in [4.69, 9.17) is 0 Å². The summed E-state index contributed by atoms with van der Waals surface area (Å²) in [6.45, 7) is 10.8. The highest BCUT2D eigenvalue weighted by molar-refractivity contribution is 5.67. The second-order valence-corrected chi connectivity index (χ2v) is 8.83. The van der Waals surface area contributed by atoms with Crippen molar-refractivity contribution in [3.8, 4) is 0 Å². The van der Waals surface area contributed by atoms with Crippen molar-refractivity contribution in [1.29, 1.82) is 0 Å². The first-order chi connectivity index (χ1) is 12.2. The van der Waals surface area contributed by atoms with E-state index in [0.717, 1.165) is 44.5 Å². The third kappa shape index (κ3) is 3.59. The molecule has 0 aliphatic carbocycles. The second-order valence-electron chi connectivity index (χ2n) is 8.83. The van der Waals surface area contributed by atoms with Crippen molar-refractivity contribution in [2.45, 2.75) is 58.5 Å². The van der Waals surface area contributed by atoms with E-state index in [2.05, 4.69) is 18.7 Å². The Morgan fingerprint density at radius 1 is 1.35 bits per heavy atom. The summed E-state index contributed by atoms with van der Waals surface area (Å²) in [5.41, 5.74) is 0.629. The van der Waals surface area contributed by atoms with Gasteiger partial charge in [-0.1, -0.05) is 26.0 Å². The van der Waals surface area contributed by atoms with Crippen LogP contribution in [-0.4, -0.2) is 46.7 Å². The fraction of sp³-hybridized carbons (Fsp3) is 0.667. The average Bonchev–Trinajstić information content (AvgIpc) is 2.56. The zero-order valence-corrected chi connectivity index (χ0v) is 16.3. The predicted molar refractivity (Wildman–Crippen MR) is 101 cm³/mol. The molecule has 3 saturated heterocycles. The minimum Gasteiger partial charge on any atom is -0.465 e. The molecule has 3 aliphatic rings. The van der Waals surface area contributed by atoms with Gasteiger partial charge in [0.05, 0.1) is 11.6 Å². The van der Waals surface area contributed by atoms with Crippen LogP contribution < -0.4 is 0 Å². The van der Waals surface area contributed by atoms with Crippen LogP contribution in [0.3, 0.4) is 0 Å². The van der Waals surface area contributed by atoms with E-state index in [0.29, 0.717) is 17.4 Å². The molecule has 4 nitrogen and oxygen atoms in total. The molecule has 3 aliphatic heterocycles. The van der Waals surface area contributed by atoms with Gasteiger partial charge in [0, 0.05) is 12.1 Å². The molecule has 2 bridgehead atoms. The number of hydrogen-bond donors (Lipinski definition) is 1. The maximum Gasteiger partial charge on any atom is 0.408 e. The summed E-state index contributed by atoms with van der Waals surface area (Å²) in [5.74, 6) is 0.515. The first-order valence-corrected chi connectivity index (χ1v) is 9.73. The number of benzene rings is 1. The standard InChI is InChI=1S/C21H31FN2O2/c1-14(2)11-15-5-6-18(22)17(12-15)21(3,4)24(20(25)26)19-13-23-9-7-16(19)8-10-23/h5-6,12,14,16,19H,7-11,13H2,1-4H3,(H,25,26). The maximum atomic E-state index is 14.8. The molecule has 1 aromatic rings. The van der Waals surface area contributed by atoms with Crippen LogP contribution in [0.2, 0.25) is 0 Å². The molecule has 0 radical (unpaired) electrons. The number of carbonyl (C=O) groups is 1. The van der Waals surface area contributed by atoms with Crippen molar-refractivity contribution in [3.63, 3.8) is 0 Å². The third-order valence-electron chi connectivity index (χ3n) is 6.10. The molecular weight excluding hydrogens is 331 g/mol. The molecule has 3 fully saturated rings. The van der Waals surface area contributed by atoms with Crippen molar-refractivity contribution in [2.24, 2.45) is 11.8 Å². The highest BCUT2D eigenvalue weighted by Crippen LogP contribution is 2.39. The van der Waals surface area contributed by atoms with Crippen molar-refractivity contribution in [3.05, 3.63) is 35.1 Å². The van der Waals surface area contributed by atoms with Crippen LogP contribution >= 0.6 is 0 Å². The van der Waals surface area contributed by atoms with Crippen molar-refractivity contribution in [2.75, 3.05) is 19.6 Å². The summed E-state index contributed by atoms with van der Waals surface area (Å²) >= 11 is 0. The lowest BCUT2D eigenvalue weighted by Crippen LogP contribution is -2.62. The number of halogens is 1. The van der Waals surface area contributed by atoms with Gasteiger partial charge in [-0.05, 0) is 69.7 Å². The first-order valence-electron chi connectivity index (χ1n) is 9.73. The minimum atomic E-state index is -0.956. The first kappa shape index (κ1) is 19.2. The summed E-state index contributed by atoms with van der Waals surface area (Å²) in [6.07, 6.45) is 1.96. The fourth-order valence-electron chi connectivity index (χ4n) is 4.79. The SMILES string of the molecule is CC(C)Cc1ccc(F)c(C(C)(C)N(C(=O)O)C2CN3CCC2CC3)c1. The summed E-state index contributed by atoms with van der Waals surface area (Å²) in [7, 11) is 0. The molecule has 0 spiro atoms. The van der Waals surface area contributed by atoms with Crippen LogP contribution in [0.25, 0.3) is 0 Å². The van der Waals surface area contributed by atoms with Gasteiger partial charge in [0.15, 0.2) is 0 Å². The van der Waals surface area contributed by atoms with E-state index in [-0.39, 0.29) is 11.9 Å². The Labute approximate surface area is 156 Å².